The first-order valence-electron chi connectivity index (χ1n) is 8.48. The highest BCUT2D eigenvalue weighted by molar-refractivity contribution is 5.82. The monoisotopic (exact) mass is 340 g/mol. The molecule has 0 aliphatic carbocycles. The van der Waals surface area contributed by atoms with Gasteiger partial charge < -0.3 is 24.3 Å². The average Bonchev–Trinajstić information content (AvgIpc) is 2.85. The minimum Gasteiger partial charge on any atom is -0.497 e. The van der Waals surface area contributed by atoms with Crippen molar-refractivity contribution in [2.45, 2.75) is 6.17 Å². The minimum atomic E-state index is 0.123. The molecule has 0 spiro atoms. The highest BCUT2D eigenvalue weighted by Gasteiger charge is 2.36. The maximum absolute atomic E-state index is 5.55. The van der Waals surface area contributed by atoms with E-state index in [9.17, 15) is 0 Å². The Morgan fingerprint density at radius 2 is 1.28 bits per heavy atom. The molecule has 0 aromatic heterocycles. The van der Waals surface area contributed by atoms with Crippen molar-refractivity contribution in [1.82, 2.24) is 0 Å². The van der Waals surface area contributed by atoms with Gasteiger partial charge >= 0.3 is 0 Å². The summed E-state index contributed by atoms with van der Waals surface area (Å²) in [7, 11) is 14.4. The van der Waals surface area contributed by atoms with Crippen LogP contribution in [0.5, 0.6) is 5.75 Å². The predicted octanol–water partition coefficient (Wildman–Crippen LogP) is 3.41. The molecule has 134 valence electrons. The minimum absolute atomic E-state index is 0.123. The number of methoxy groups -OCH3 is 1. The molecule has 0 fully saturated rings. The van der Waals surface area contributed by atoms with Crippen molar-refractivity contribution in [3.63, 3.8) is 0 Å². The molecule has 0 radical (unpaired) electrons. The molecule has 0 bridgehead atoms. The van der Waals surface area contributed by atoms with Crippen LogP contribution in [-0.4, -0.2) is 49.4 Å². The Kier molecular flexibility index (Phi) is 4.41. The summed E-state index contributed by atoms with van der Waals surface area (Å²) in [6, 6.07) is 12.8. The van der Waals surface area contributed by atoms with Crippen molar-refractivity contribution in [2.24, 2.45) is 0 Å². The van der Waals surface area contributed by atoms with E-state index in [-0.39, 0.29) is 6.17 Å². The average molecular weight is 340 g/mol. The first kappa shape index (κ1) is 17.3. The number of anilines is 4. The molecule has 0 atom stereocenters. The Morgan fingerprint density at radius 3 is 1.64 bits per heavy atom. The molecule has 1 heterocycles. The molecule has 5 nitrogen and oxygen atoms in total. The zero-order chi connectivity index (χ0) is 18.3. The fraction of sp³-hybridized carbons (Fsp3) is 0.400. The number of benzene rings is 2. The molecule has 0 saturated heterocycles. The first-order chi connectivity index (χ1) is 11.9. The second-order valence-corrected chi connectivity index (χ2v) is 6.95. The molecule has 0 saturated carbocycles. The number of ether oxygens (including phenoxy) is 1. The summed E-state index contributed by atoms with van der Waals surface area (Å²) in [4.78, 5) is 9.01. The van der Waals surface area contributed by atoms with Crippen LogP contribution in [0.1, 0.15) is 11.7 Å². The zero-order valence-corrected chi connectivity index (χ0v) is 16.2. The number of fused-ring (bicyclic) bond motifs is 1. The summed E-state index contributed by atoms with van der Waals surface area (Å²) < 4.78 is 5.55. The molecular formula is C20H28N4O. The molecule has 3 rings (SSSR count). The topological polar surface area (TPSA) is 22.2 Å². The van der Waals surface area contributed by atoms with Gasteiger partial charge in [0.05, 0.1) is 18.5 Å². The quantitative estimate of drug-likeness (QED) is 0.848. The Hall–Kier alpha value is -2.56. The van der Waals surface area contributed by atoms with Crippen LogP contribution >= 0.6 is 0 Å². The standard InChI is InChI=1S/C20H28N4O/c1-21(2)17-12-14(25-7)13-18(22(3)4)19(17)20-23(5)15-10-8-9-11-16(15)24(20)6/h8-13,20H,1-7H3. The zero-order valence-electron chi connectivity index (χ0n) is 16.2. The predicted molar refractivity (Wildman–Crippen MR) is 108 cm³/mol. The van der Waals surface area contributed by atoms with Crippen LogP contribution < -0.4 is 24.3 Å². The van der Waals surface area contributed by atoms with Gasteiger partial charge in [0.1, 0.15) is 11.9 Å². The number of nitrogens with zero attached hydrogens (tertiary/aromatic N) is 4. The Labute approximate surface area is 151 Å². The number of hydrogen-bond donors (Lipinski definition) is 0. The molecule has 5 heteroatoms. The maximum Gasteiger partial charge on any atom is 0.132 e. The maximum atomic E-state index is 5.55. The van der Waals surface area contributed by atoms with Crippen molar-refractivity contribution in [3.8, 4) is 5.75 Å². The number of para-hydroxylation sites is 2. The summed E-state index contributed by atoms with van der Waals surface area (Å²) in [6.07, 6.45) is 0.123. The fourth-order valence-electron chi connectivity index (χ4n) is 3.69. The molecule has 1 aliphatic rings. The van der Waals surface area contributed by atoms with Crippen LogP contribution in [0.15, 0.2) is 36.4 Å². The third-order valence-electron chi connectivity index (χ3n) is 4.94. The van der Waals surface area contributed by atoms with Gasteiger partial charge in [-0.15, -0.1) is 0 Å². The van der Waals surface area contributed by atoms with Crippen LogP contribution in [-0.2, 0) is 0 Å². The van der Waals surface area contributed by atoms with Crippen LogP contribution in [0.25, 0.3) is 0 Å². The highest BCUT2D eigenvalue weighted by atomic mass is 16.5. The summed E-state index contributed by atoms with van der Waals surface area (Å²) in [5, 5.41) is 0. The first-order valence-corrected chi connectivity index (χ1v) is 8.48. The fourth-order valence-corrected chi connectivity index (χ4v) is 3.69. The smallest absolute Gasteiger partial charge is 0.132 e. The lowest BCUT2D eigenvalue weighted by Crippen LogP contribution is -2.33. The lowest BCUT2D eigenvalue weighted by molar-refractivity contribution is 0.414. The van der Waals surface area contributed by atoms with Crippen LogP contribution in [0.2, 0.25) is 0 Å². The van der Waals surface area contributed by atoms with Gasteiger partial charge in [0.15, 0.2) is 0 Å². The van der Waals surface area contributed by atoms with Crippen LogP contribution in [0, 0.1) is 0 Å². The normalized spacial score (nSPS) is 13.9. The van der Waals surface area contributed by atoms with Crippen molar-refractivity contribution in [1.29, 1.82) is 0 Å². The van der Waals surface area contributed by atoms with Gasteiger partial charge in [-0.3, -0.25) is 0 Å². The third kappa shape index (κ3) is 2.73. The van der Waals surface area contributed by atoms with Gasteiger partial charge in [0.2, 0.25) is 0 Å². The van der Waals surface area contributed by atoms with Gasteiger partial charge in [-0.05, 0) is 12.1 Å². The van der Waals surface area contributed by atoms with Gasteiger partial charge in [-0.25, -0.2) is 0 Å². The van der Waals surface area contributed by atoms with E-state index in [0.717, 1.165) is 5.75 Å². The molecule has 0 N–H and O–H groups in total. The van der Waals surface area contributed by atoms with Crippen molar-refractivity contribution in [2.75, 3.05) is 69.0 Å². The highest BCUT2D eigenvalue weighted by Crippen LogP contribution is 2.49. The van der Waals surface area contributed by atoms with Crippen LogP contribution in [0.4, 0.5) is 22.7 Å². The Morgan fingerprint density at radius 1 is 0.840 bits per heavy atom. The number of hydrogen-bond acceptors (Lipinski definition) is 5. The molecule has 0 amide bonds. The molecular weight excluding hydrogens is 312 g/mol. The van der Waals surface area contributed by atoms with E-state index in [4.69, 9.17) is 4.74 Å². The van der Waals surface area contributed by atoms with Gasteiger partial charge in [-0.1, -0.05) is 12.1 Å². The molecule has 25 heavy (non-hydrogen) atoms. The summed E-state index contributed by atoms with van der Waals surface area (Å²) >= 11 is 0. The van der Waals surface area contributed by atoms with E-state index in [1.54, 1.807) is 7.11 Å². The molecule has 2 aromatic carbocycles. The lowest BCUT2D eigenvalue weighted by Gasteiger charge is -2.35. The van der Waals surface area contributed by atoms with Crippen LogP contribution in [0.3, 0.4) is 0 Å². The van der Waals surface area contributed by atoms with E-state index in [0.29, 0.717) is 0 Å². The van der Waals surface area contributed by atoms with Crippen molar-refractivity contribution in [3.05, 3.63) is 42.0 Å². The SMILES string of the molecule is COc1cc(N(C)C)c(C2N(C)c3ccccc3N2C)c(N(C)C)c1. The second kappa shape index (κ2) is 6.39. The summed E-state index contributed by atoms with van der Waals surface area (Å²) in [5.74, 6) is 0.872. The Bertz CT molecular complexity index is 714. The Balaban J connectivity index is 2.23. The van der Waals surface area contributed by atoms with Gasteiger partial charge in [-0.2, -0.15) is 0 Å². The second-order valence-electron chi connectivity index (χ2n) is 6.95. The molecule has 1 aliphatic heterocycles. The van der Waals surface area contributed by atoms with E-state index in [2.05, 4.69) is 98.3 Å². The largest absolute Gasteiger partial charge is 0.497 e. The van der Waals surface area contributed by atoms with Gasteiger partial charge in [0.25, 0.3) is 0 Å². The molecule has 2 aromatic rings. The lowest BCUT2D eigenvalue weighted by atomic mass is 10.0. The van der Waals surface area contributed by atoms with Gasteiger partial charge in [0, 0.05) is 71.4 Å². The summed E-state index contributed by atoms with van der Waals surface area (Å²) in [5.41, 5.74) is 6.11. The van der Waals surface area contributed by atoms with Crippen molar-refractivity contribution < 1.29 is 4.74 Å². The van der Waals surface area contributed by atoms with E-state index in [1.807, 2.05) is 0 Å². The summed E-state index contributed by atoms with van der Waals surface area (Å²) in [6.45, 7) is 0. The van der Waals surface area contributed by atoms with E-state index < -0.39 is 0 Å². The third-order valence-corrected chi connectivity index (χ3v) is 4.94. The van der Waals surface area contributed by atoms with Crippen molar-refractivity contribution >= 4 is 22.7 Å². The van der Waals surface area contributed by atoms with E-state index >= 15 is 0 Å². The molecule has 0 unspecified atom stereocenters. The van der Waals surface area contributed by atoms with E-state index in [1.165, 1.54) is 28.3 Å². The number of rotatable bonds is 4.